The summed E-state index contributed by atoms with van der Waals surface area (Å²) in [5, 5.41) is 1.68. The van der Waals surface area contributed by atoms with Crippen molar-refractivity contribution in [1.29, 1.82) is 0 Å². The van der Waals surface area contributed by atoms with Crippen LogP contribution in [0.3, 0.4) is 0 Å². The van der Waals surface area contributed by atoms with Crippen molar-refractivity contribution < 1.29 is 13.2 Å². The fourth-order valence-electron chi connectivity index (χ4n) is 2.90. The molecule has 0 bridgehead atoms. The van der Waals surface area contributed by atoms with Crippen molar-refractivity contribution in [3.05, 3.63) is 17.0 Å². The second-order valence-electron chi connectivity index (χ2n) is 5.62. The van der Waals surface area contributed by atoms with Gasteiger partial charge in [-0.25, -0.2) is 8.42 Å². The molecule has 5 nitrogen and oxygen atoms in total. The first-order valence-corrected chi connectivity index (χ1v) is 9.79. The number of thiophene rings is 1. The minimum absolute atomic E-state index is 0.0335. The molecule has 116 valence electrons. The Morgan fingerprint density at radius 3 is 2.29 bits per heavy atom. The minimum atomic E-state index is -3.40. The second kappa shape index (κ2) is 6.06. The molecular formula is C14H20N2O3S2. The van der Waals surface area contributed by atoms with Crippen molar-refractivity contribution in [1.82, 2.24) is 9.21 Å². The highest BCUT2D eigenvalue weighted by Crippen LogP contribution is 2.27. The third-order valence-electron chi connectivity index (χ3n) is 4.12. The zero-order valence-corrected chi connectivity index (χ0v) is 13.6. The number of piperidine rings is 1. The molecule has 1 aromatic rings. The molecule has 0 aromatic carbocycles. The first-order valence-electron chi connectivity index (χ1n) is 7.47. The highest BCUT2D eigenvalue weighted by molar-refractivity contribution is 7.91. The van der Waals surface area contributed by atoms with Gasteiger partial charge in [0.2, 0.25) is 0 Å². The van der Waals surface area contributed by atoms with E-state index in [1.54, 1.807) is 11.4 Å². The molecule has 0 spiro atoms. The third-order valence-corrected chi connectivity index (χ3v) is 7.44. The van der Waals surface area contributed by atoms with E-state index in [0.717, 1.165) is 50.1 Å². The van der Waals surface area contributed by atoms with E-state index in [1.165, 1.54) is 10.7 Å². The molecule has 0 radical (unpaired) electrons. The van der Waals surface area contributed by atoms with E-state index in [9.17, 15) is 13.2 Å². The Morgan fingerprint density at radius 2 is 1.62 bits per heavy atom. The Kier molecular flexibility index (Phi) is 4.33. The summed E-state index contributed by atoms with van der Waals surface area (Å²) in [5.41, 5.74) is 0.514. The van der Waals surface area contributed by atoms with Gasteiger partial charge in [0, 0.05) is 31.6 Å². The number of likely N-dealkylation sites (tertiary alicyclic amines) is 1. The molecule has 2 fully saturated rings. The fourth-order valence-corrected chi connectivity index (χ4v) is 5.72. The summed E-state index contributed by atoms with van der Waals surface area (Å²) in [6.07, 6.45) is 5.08. The van der Waals surface area contributed by atoms with E-state index in [2.05, 4.69) is 0 Å². The molecule has 2 saturated heterocycles. The Balaban J connectivity index is 1.78. The number of carbonyl (C=O) groups excluding carboxylic acids is 1. The summed E-state index contributed by atoms with van der Waals surface area (Å²) in [4.78, 5) is 14.2. The SMILES string of the molecule is O=C(c1csc(S(=O)(=O)N2CCCC2)c1)N1CCCCC1. The van der Waals surface area contributed by atoms with Crippen LogP contribution in [-0.2, 0) is 10.0 Å². The Hall–Kier alpha value is -0.920. The molecule has 2 aliphatic rings. The second-order valence-corrected chi connectivity index (χ2v) is 8.69. The number of rotatable bonds is 3. The molecule has 1 aromatic heterocycles. The number of sulfonamides is 1. The number of hydrogen-bond acceptors (Lipinski definition) is 4. The van der Waals surface area contributed by atoms with E-state index in [0.29, 0.717) is 22.9 Å². The minimum Gasteiger partial charge on any atom is -0.339 e. The van der Waals surface area contributed by atoms with Crippen LogP contribution in [0.1, 0.15) is 42.5 Å². The van der Waals surface area contributed by atoms with Crippen LogP contribution in [0.2, 0.25) is 0 Å². The van der Waals surface area contributed by atoms with Gasteiger partial charge in [0.05, 0.1) is 5.56 Å². The van der Waals surface area contributed by atoms with Gasteiger partial charge >= 0.3 is 0 Å². The maximum Gasteiger partial charge on any atom is 0.254 e. The molecule has 0 atom stereocenters. The largest absolute Gasteiger partial charge is 0.339 e. The van der Waals surface area contributed by atoms with Crippen molar-refractivity contribution in [2.75, 3.05) is 26.2 Å². The van der Waals surface area contributed by atoms with Crippen LogP contribution < -0.4 is 0 Å². The van der Waals surface area contributed by atoms with Gasteiger partial charge in [-0.1, -0.05) is 0 Å². The Bertz CT molecular complexity index is 612. The van der Waals surface area contributed by atoms with Crippen LogP contribution >= 0.6 is 11.3 Å². The van der Waals surface area contributed by atoms with E-state index in [4.69, 9.17) is 0 Å². The van der Waals surface area contributed by atoms with Gasteiger partial charge in [-0.05, 0) is 38.2 Å². The zero-order valence-electron chi connectivity index (χ0n) is 12.0. The maximum absolute atomic E-state index is 12.5. The van der Waals surface area contributed by atoms with E-state index >= 15 is 0 Å². The number of hydrogen-bond donors (Lipinski definition) is 0. The van der Waals surface area contributed by atoms with Crippen molar-refractivity contribution in [2.45, 2.75) is 36.3 Å². The molecule has 0 N–H and O–H groups in total. The smallest absolute Gasteiger partial charge is 0.254 e. The van der Waals surface area contributed by atoms with Crippen LogP contribution in [0.15, 0.2) is 15.7 Å². The zero-order chi connectivity index (χ0) is 14.9. The van der Waals surface area contributed by atoms with Crippen LogP contribution in [0, 0.1) is 0 Å². The van der Waals surface area contributed by atoms with Crippen molar-refractivity contribution in [3.63, 3.8) is 0 Å². The van der Waals surface area contributed by atoms with E-state index < -0.39 is 10.0 Å². The number of amides is 1. The summed E-state index contributed by atoms with van der Waals surface area (Å²) in [6.45, 7) is 2.75. The number of carbonyl (C=O) groups is 1. The summed E-state index contributed by atoms with van der Waals surface area (Å²) < 4.78 is 26.7. The third kappa shape index (κ3) is 3.00. The van der Waals surface area contributed by atoms with E-state index in [1.807, 2.05) is 4.90 Å². The first-order chi connectivity index (χ1) is 10.1. The van der Waals surface area contributed by atoms with Crippen molar-refractivity contribution >= 4 is 27.3 Å². The summed E-state index contributed by atoms with van der Waals surface area (Å²) >= 11 is 1.16. The molecule has 0 saturated carbocycles. The van der Waals surface area contributed by atoms with Gasteiger partial charge in [-0.15, -0.1) is 11.3 Å². The van der Waals surface area contributed by atoms with Crippen LogP contribution in [0.4, 0.5) is 0 Å². The molecule has 3 rings (SSSR count). The first kappa shape index (κ1) is 15.0. The van der Waals surface area contributed by atoms with E-state index in [-0.39, 0.29) is 5.91 Å². The lowest BCUT2D eigenvalue weighted by Crippen LogP contribution is -2.35. The normalized spacial score (nSPS) is 20.9. The monoisotopic (exact) mass is 328 g/mol. The molecule has 21 heavy (non-hydrogen) atoms. The predicted octanol–water partition coefficient (Wildman–Crippen LogP) is 2.16. The molecule has 1 amide bonds. The summed E-state index contributed by atoms with van der Waals surface area (Å²) in [7, 11) is -3.40. The van der Waals surface area contributed by atoms with Gasteiger partial charge in [0.25, 0.3) is 15.9 Å². The van der Waals surface area contributed by atoms with Crippen molar-refractivity contribution in [2.24, 2.45) is 0 Å². The molecule has 2 aliphatic heterocycles. The highest BCUT2D eigenvalue weighted by Gasteiger charge is 2.29. The topological polar surface area (TPSA) is 57.7 Å². The molecule has 7 heteroatoms. The van der Waals surface area contributed by atoms with Crippen LogP contribution in [-0.4, -0.2) is 49.7 Å². The van der Waals surface area contributed by atoms with Crippen LogP contribution in [0.5, 0.6) is 0 Å². The fraction of sp³-hybridized carbons (Fsp3) is 0.643. The van der Waals surface area contributed by atoms with Gasteiger partial charge in [-0.3, -0.25) is 4.79 Å². The predicted molar refractivity (Wildman–Crippen MR) is 82.1 cm³/mol. The summed E-state index contributed by atoms with van der Waals surface area (Å²) in [6, 6.07) is 1.55. The van der Waals surface area contributed by atoms with Gasteiger partial charge in [0.15, 0.2) is 0 Å². The highest BCUT2D eigenvalue weighted by atomic mass is 32.2. The van der Waals surface area contributed by atoms with Crippen molar-refractivity contribution in [3.8, 4) is 0 Å². The lowest BCUT2D eigenvalue weighted by Gasteiger charge is -2.26. The van der Waals surface area contributed by atoms with Gasteiger partial charge in [-0.2, -0.15) is 4.31 Å². The quantitative estimate of drug-likeness (QED) is 0.854. The summed E-state index contributed by atoms with van der Waals surface area (Å²) in [5.74, 6) is -0.0335. The lowest BCUT2D eigenvalue weighted by molar-refractivity contribution is 0.0725. The molecule has 0 aliphatic carbocycles. The van der Waals surface area contributed by atoms with Crippen LogP contribution in [0.25, 0.3) is 0 Å². The standard InChI is InChI=1S/C14H20N2O3S2/c17-14(15-6-2-1-3-7-15)12-10-13(20-11-12)21(18,19)16-8-4-5-9-16/h10-11H,1-9H2. The average Bonchev–Trinajstić information content (AvgIpc) is 3.19. The van der Waals surface area contributed by atoms with Gasteiger partial charge < -0.3 is 4.90 Å². The van der Waals surface area contributed by atoms with Gasteiger partial charge in [0.1, 0.15) is 4.21 Å². The average molecular weight is 328 g/mol. The Morgan fingerprint density at radius 1 is 1.00 bits per heavy atom. The number of nitrogens with zero attached hydrogens (tertiary/aromatic N) is 2. The Labute approximate surface area is 129 Å². The lowest BCUT2D eigenvalue weighted by atomic mass is 10.1. The molecule has 0 unspecified atom stereocenters. The molecule has 3 heterocycles. The molecular weight excluding hydrogens is 308 g/mol. The maximum atomic E-state index is 12.5.